The van der Waals surface area contributed by atoms with E-state index >= 15 is 8.78 Å². The van der Waals surface area contributed by atoms with Gasteiger partial charge in [-0.05, 0) is 56.4 Å². The summed E-state index contributed by atoms with van der Waals surface area (Å²) < 4.78 is 44.3. The second-order valence-corrected chi connectivity index (χ2v) is 17.7. The third kappa shape index (κ3) is 6.36. The zero-order chi connectivity index (χ0) is 37.6. The van der Waals surface area contributed by atoms with Crippen LogP contribution in [0.4, 0.5) is 8.78 Å². The van der Waals surface area contributed by atoms with E-state index in [1.165, 1.54) is 11.3 Å². The fourth-order valence-electron chi connectivity index (χ4n) is 8.05. The predicted molar refractivity (Wildman–Crippen MR) is 197 cm³/mol. The second-order valence-electron chi connectivity index (χ2n) is 15.7. The van der Waals surface area contributed by atoms with Crippen molar-refractivity contribution < 1.29 is 32.6 Å². The third-order valence-electron chi connectivity index (χ3n) is 11.3. The van der Waals surface area contributed by atoms with Crippen molar-refractivity contribution in [3.63, 3.8) is 0 Å². The van der Waals surface area contributed by atoms with Gasteiger partial charge < -0.3 is 19.4 Å². The van der Waals surface area contributed by atoms with Crippen molar-refractivity contribution in [1.82, 2.24) is 30.3 Å². The van der Waals surface area contributed by atoms with E-state index in [0.29, 0.717) is 18.0 Å². The molecule has 0 aromatic carbocycles. The summed E-state index contributed by atoms with van der Waals surface area (Å²) in [5.74, 6) is -7.31. The number of nitrogens with zero attached hydrogens (tertiary/aromatic N) is 4. The maximum absolute atomic E-state index is 15.2. The SMILES string of the molecule is CCn1c(-c2cccnc2C(C)OC)c2c3cc(sc31)-c1csc(n1)CC(NC(=O)C1CC1C)C(=O)N1CC3C(C(N1)C(=O)OCC(C)(C)C2)C3(F)F. The smallest absolute Gasteiger partial charge is 0.325 e. The molecule has 11 nitrogen and oxygen atoms in total. The number of aromatic nitrogens is 3. The summed E-state index contributed by atoms with van der Waals surface area (Å²) in [5, 5.41) is 7.61. The number of pyridine rings is 1. The molecule has 7 unspecified atom stereocenters. The molecule has 2 aliphatic heterocycles. The Bertz CT molecular complexity index is 2110. The number of methoxy groups -OCH3 is 1. The number of carbonyl (C=O) groups is 3. The van der Waals surface area contributed by atoms with Crippen LogP contribution in [0.3, 0.4) is 0 Å². The average molecular weight is 767 g/mol. The quantitative estimate of drug-likeness (QED) is 0.228. The predicted octanol–water partition coefficient (Wildman–Crippen LogP) is 6.02. The first-order valence-electron chi connectivity index (χ1n) is 18.2. The molecular weight excluding hydrogens is 723 g/mol. The number of nitrogens with one attached hydrogen (secondary N) is 2. The highest BCUT2D eigenvalue weighted by atomic mass is 32.1. The van der Waals surface area contributed by atoms with E-state index in [0.717, 1.165) is 54.7 Å². The number of thiophene rings is 1. The Kier molecular flexibility index (Phi) is 9.02. The number of hydrazine groups is 1. The van der Waals surface area contributed by atoms with Crippen molar-refractivity contribution in [1.29, 1.82) is 0 Å². The molecule has 8 rings (SSSR count). The molecule has 4 aromatic rings. The summed E-state index contributed by atoms with van der Waals surface area (Å²) in [6, 6.07) is 3.63. The molecule has 3 fully saturated rings. The van der Waals surface area contributed by atoms with Crippen LogP contribution in [-0.4, -0.2) is 75.6 Å². The van der Waals surface area contributed by atoms with E-state index in [2.05, 4.69) is 34.4 Å². The maximum atomic E-state index is 15.2. The van der Waals surface area contributed by atoms with Crippen molar-refractivity contribution in [2.24, 2.45) is 29.1 Å². The fraction of sp³-hybridized carbons (Fsp3) is 0.553. The molecular formula is C38H44F2N6O5S2. The third-order valence-corrected chi connectivity index (χ3v) is 13.4. The van der Waals surface area contributed by atoms with Crippen LogP contribution in [0.5, 0.6) is 0 Å². The van der Waals surface area contributed by atoms with Gasteiger partial charge in [0.15, 0.2) is 0 Å². The van der Waals surface area contributed by atoms with Crippen LogP contribution in [0.15, 0.2) is 29.8 Å². The summed E-state index contributed by atoms with van der Waals surface area (Å²) in [4.78, 5) is 52.7. The highest BCUT2D eigenvalue weighted by Crippen LogP contribution is 2.59. The van der Waals surface area contributed by atoms with Crippen molar-refractivity contribution in [2.75, 3.05) is 20.3 Å². The molecule has 1 saturated heterocycles. The largest absolute Gasteiger partial charge is 0.464 e. The summed E-state index contributed by atoms with van der Waals surface area (Å²) >= 11 is 3.02. The molecule has 4 aromatic heterocycles. The van der Waals surface area contributed by atoms with Gasteiger partial charge >= 0.3 is 5.97 Å². The first kappa shape index (κ1) is 36.2. The first-order chi connectivity index (χ1) is 25.2. The Morgan fingerprint density at radius 3 is 2.77 bits per heavy atom. The zero-order valence-corrected chi connectivity index (χ0v) is 32.2. The lowest BCUT2D eigenvalue weighted by atomic mass is 9.84. The molecule has 2 N–H and O–H groups in total. The molecule has 2 aliphatic carbocycles. The molecule has 6 bridgehead atoms. The number of cyclic esters (lactones) is 1. The fourth-order valence-corrected chi connectivity index (χ4v) is 10.2. The molecule has 282 valence electrons. The second kappa shape index (κ2) is 13.2. The highest BCUT2D eigenvalue weighted by molar-refractivity contribution is 7.22. The van der Waals surface area contributed by atoms with E-state index in [-0.39, 0.29) is 43.4 Å². The molecule has 0 radical (unpaired) electrons. The number of ether oxygens (including phenoxy) is 2. The van der Waals surface area contributed by atoms with Gasteiger partial charge in [-0.25, -0.2) is 19.2 Å². The molecule has 2 amide bonds. The number of hydrogen-bond acceptors (Lipinski definition) is 10. The Labute approximate surface area is 314 Å². The minimum absolute atomic E-state index is 0.0434. The minimum Gasteiger partial charge on any atom is -0.464 e. The number of rotatable bonds is 6. The Morgan fingerprint density at radius 1 is 1.28 bits per heavy atom. The lowest BCUT2D eigenvalue weighted by Gasteiger charge is -2.34. The number of alkyl halides is 2. The van der Waals surface area contributed by atoms with Gasteiger partial charge in [-0.2, -0.15) is 0 Å². The zero-order valence-electron chi connectivity index (χ0n) is 30.6. The van der Waals surface area contributed by atoms with Crippen LogP contribution in [-0.2, 0) is 43.2 Å². The number of carbonyl (C=O) groups excluding carboxylic acids is 3. The maximum Gasteiger partial charge on any atom is 0.325 e. The first-order valence-corrected chi connectivity index (χ1v) is 19.9. The van der Waals surface area contributed by atoms with Crippen LogP contribution in [0.2, 0.25) is 0 Å². The van der Waals surface area contributed by atoms with E-state index in [1.807, 2.05) is 39.1 Å². The van der Waals surface area contributed by atoms with Crippen molar-refractivity contribution in [3.05, 3.63) is 46.0 Å². The van der Waals surface area contributed by atoms with E-state index in [9.17, 15) is 14.4 Å². The van der Waals surface area contributed by atoms with Crippen LogP contribution < -0.4 is 10.7 Å². The van der Waals surface area contributed by atoms with Crippen molar-refractivity contribution >= 4 is 50.7 Å². The number of thiazole rings is 1. The molecule has 53 heavy (non-hydrogen) atoms. The van der Waals surface area contributed by atoms with E-state index in [1.54, 1.807) is 24.6 Å². The molecule has 4 aliphatic rings. The van der Waals surface area contributed by atoms with Crippen LogP contribution in [0.1, 0.15) is 63.4 Å². The van der Waals surface area contributed by atoms with Gasteiger partial charge in [0.05, 0.1) is 51.5 Å². The lowest BCUT2D eigenvalue weighted by molar-refractivity contribution is -0.156. The molecule has 0 spiro atoms. The van der Waals surface area contributed by atoms with Gasteiger partial charge in [-0.3, -0.25) is 24.4 Å². The number of fused-ring (bicyclic) bond motifs is 8. The molecule has 6 heterocycles. The number of hydrogen-bond donors (Lipinski definition) is 2. The highest BCUT2D eigenvalue weighted by Gasteiger charge is 2.75. The summed E-state index contributed by atoms with van der Waals surface area (Å²) in [5.41, 5.74) is 6.75. The monoisotopic (exact) mass is 766 g/mol. The van der Waals surface area contributed by atoms with Gasteiger partial charge in [-0.15, -0.1) is 22.7 Å². The van der Waals surface area contributed by atoms with E-state index < -0.39 is 47.1 Å². The van der Waals surface area contributed by atoms with Gasteiger partial charge in [0.2, 0.25) is 5.91 Å². The summed E-state index contributed by atoms with van der Waals surface area (Å²) in [7, 11) is 1.66. The summed E-state index contributed by atoms with van der Waals surface area (Å²) in [6.07, 6.45) is 2.79. The van der Waals surface area contributed by atoms with Crippen molar-refractivity contribution in [2.45, 2.75) is 84.5 Å². The molecule has 7 atom stereocenters. The van der Waals surface area contributed by atoms with Gasteiger partial charge in [0.25, 0.3) is 11.8 Å². The Balaban J connectivity index is 1.24. The molecule has 15 heteroatoms. The number of halogens is 2. The normalized spacial score (nSPS) is 28.2. The Morgan fingerprint density at radius 2 is 2.06 bits per heavy atom. The summed E-state index contributed by atoms with van der Waals surface area (Å²) in [6.45, 7) is 10.4. The van der Waals surface area contributed by atoms with E-state index in [4.69, 9.17) is 19.4 Å². The minimum atomic E-state index is -3.15. The van der Waals surface area contributed by atoms with Crippen LogP contribution >= 0.6 is 22.7 Å². The Hall–Kier alpha value is -3.79. The van der Waals surface area contributed by atoms with Crippen LogP contribution in [0, 0.1) is 29.1 Å². The standard InChI is InChI=1S/C38H44F2N6O5S2/c1-7-45-32(20-9-8-10-41-30(20)19(3)50-6)23-14-37(4,5)17-51-36(49)31-29-24(38(29,39)40)15-46(44-31)34(48)25(43-33(47)21-11-18(21)2)13-28-42-26(16-52-28)27-12-22(23)35(45)53-27/h8-10,12,16,18-19,21,24-25,29,31,44H,7,11,13-15,17H2,1-6H3,(H,43,47). The number of aryl methyl sites for hydroxylation is 1. The number of amides is 2. The van der Waals surface area contributed by atoms with Crippen LogP contribution in [0.25, 0.3) is 32.0 Å². The molecule has 2 saturated carbocycles. The average Bonchev–Trinajstić information content (AvgIpc) is 3.69. The van der Waals surface area contributed by atoms with Gasteiger partial charge in [0.1, 0.15) is 16.9 Å². The van der Waals surface area contributed by atoms with Gasteiger partial charge in [0, 0.05) is 60.5 Å². The number of esters is 1. The lowest BCUT2D eigenvalue weighted by Crippen LogP contribution is -2.61. The topological polar surface area (TPSA) is 128 Å². The van der Waals surface area contributed by atoms with Gasteiger partial charge in [-0.1, -0.05) is 20.8 Å². The van der Waals surface area contributed by atoms with Crippen molar-refractivity contribution in [3.8, 4) is 21.8 Å².